The first-order chi connectivity index (χ1) is 8.69. The Morgan fingerprint density at radius 3 is 2.78 bits per heavy atom. The molecule has 3 nitrogen and oxygen atoms in total. The van der Waals surface area contributed by atoms with Crippen LogP contribution in [0.25, 0.3) is 0 Å². The number of rotatable bonds is 5. The minimum Gasteiger partial charge on any atom is -0.493 e. The van der Waals surface area contributed by atoms with Crippen molar-refractivity contribution in [2.75, 3.05) is 13.2 Å². The van der Waals surface area contributed by atoms with E-state index in [9.17, 15) is 5.11 Å². The summed E-state index contributed by atoms with van der Waals surface area (Å²) in [6.45, 7) is 2.39. The monoisotopic (exact) mass is 310 g/mol. The maximum atomic E-state index is 9.37. The van der Waals surface area contributed by atoms with Gasteiger partial charge >= 0.3 is 0 Å². The second-order valence-electron chi connectivity index (χ2n) is 4.15. The molecular formula is C14H15BrO3. The fourth-order valence-electron chi connectivity index (χ4n) is 1.67. The molecule has 0 saturated carbocycles. The number of halogens is 1. The van der Waals surface area contributed by atoms with Crippen molar-refractivity contribution in [1.29, 1.82) is 0 Å². The molecule has 0 saturated heterocycles. The minimum absolute atomic E-state index is 0.00817. The lowest BCUT2D eigenvalue weighted by Gasteiger charge is -2.13. The number of hydrogen-bond acceptors (Lipinski definition) is 3. The molecule has 1 atom stereocenters. The molecule has 1 heterocycles. The smallest absolute Gasteiger partial charge is 0.169 e. The van der Waals surface area contributed by atoms with Gasteiger partial charge in [-0.1, -0.05) is 12.1 Å². The van der Waals surface area contributed by atoms with Crippen molar-refractivity contribution < 1.29 is 14.3 Å². The van der Waals surface area contributed by atoms with E-state index in [1.165, 1.54) is 0 Å². The molecule has 4 heteroatoms. The van der Waals surface area contributed by atoms with E-state index in [0.717, 1.165) is 17.1 Å². The fraction of sp³-hybridized carbons (Fsp3) is 0.286. The molecule has 1 aromatic heterocycles. The van der Waals surface area contributed by atoms with Crippen LogP contribution in [0.1, 0.15) is 17.2 Å². The van der Waals surface area contributed by atoms with E-state index < -0.39 is 0 Å². The molecule has 0 bridgehead atoms. The quantitative estimate of drug-likeness (QED) is 0.919. The van der Waals surface area contributed by atoms with E-state index in [4.69, 9.17) is 9.15 Å². The first-order valence-corrected chi connectivity index (χ1v) is 6.54. The van der Waals surface area contributed by atoms with Crippen molar-refractivity contribution in [3.8, 4) is 5.75 Å². The Bertz CT molecular complexity index is 507. The molecule has 0 aliphatic rings. The predicted octanol–water partition coefficient (Wildman–Crippen LogP) is 3.51. The van der Waals surface area contributed by atoms with Crippen LogP contribution in [0.2, 0.25) is 0 Å². The average Bonchev–Trinajstić information content (AvgIpc) is 2.77. The lowest BCUT2D eigenvalue weighted by molar-refractivity contribution is 0.189. The van der Waals surface area contributed by atoms with Gasteiger partial charge in [0.05, 0.1) is 12.5 Å². The first-order valence-electron chi connectivity index (χ1n) is 5.74. The van der Waals surface area contributed by atoms with E-state index in [1.807, 2.05) is 43.3 Å². The number of furan rings is 1. The predicted molar refractivity (Wildman–Crippen MR) is 72.9 cm³/mol. The third kappa shape index (κ3) is 3.37. The summed E-state index contributed by atoms with van der Waals surface area (Å²) in [5.74, 6) is 1.37. The van der Waals surface area contributed by atoms with Gasteiger partial charge in [0.2, 0.25) is 0 Å². The molecule has 1 N–H and O–H groups in total. The molecule has 0 fully saturated rings. The van der Waals surface area contributed by atoms with Crippen LogP contribution in [0.5, 0.6) is 5.75 Å². The molecule has 0 aliphatic carbocycles. The van der Waals surface area contributed by atoms with E-state index in [2.05, 4.69) is 15.9 Å². The number of aliphatic hydroxyl groups excluding tert-OH is 1. The summed E-state index contributed by atoms with van der Waals surface area (Å²) >= 11 is 3.25. The van der Waals surface area contributed by atoms with Crippen LogP contribution < -0.4 is 4.74 Å². The van der Waals surface area contributed by atoms with Gasteiger partial charge in [-0.05, 0) is 52.7 Å². The lowest BCUT2D eigenvalue weighted by Crippen LogP contribution is -2.13. The minimum atomic E-state index is -0.156. The number of aliphatic hydroxyl groups is 1. The van der Waals surface area contributed by atoms with Crippen molar-refractivity contribution in [2.45, 2.75) is 12.8 Å². The summed E-state index contributed by atoms with van der Waals surface area (Å²) in [5, 5.41) is 9.37. The SMILES string of the molecule is Cc1cccc(OCC(CO)c2ccc(Br)o2)c1. The largest absolute Gasteiger partial charge is 0.493 e. The molecule has 0 spiro atoms. The van der Waals surface area contributed by atoms with Gasteiger partial charge in [0.1, 0.15) is 18.1 Å². The standard InChI is InChI=1S/C14H15BrO3/c1-10-3-2-4-12(7-10)17-9-11(8-16)13-5-6-14(15)18-13/h2-7,11,16H,8-9H2,1H3. The third-order valence-electron chi connectivity index (χ3n) is 2.66. The molecule has 0 radical (unpaired) electrons. The molecule has 2 aromatic rings. The second-order valence-corrected chi connectivity index (χ2v) is 4.93. The second kappa shape index (κ2) is 6.07. The van der Waals surface area contributed by atoms with E-state index in [0.29, 0.717) is 11.3 Å². The van der Waals surface area contributed by atoms with Crippen LogP contribution in [-0.4, -0.2) is 18.3 Å². The maximum Gasteiger partial charge on any atom is 0.169 e. The van der Waals surface area contributed by atoms with E-state index >= 15 is 0 Å². The molecule has 0 amide bonds. The van der Waals surface area contributed by atoms with Crippen LogP contribution in [0.4, 0.5) is 0 Å². The number of aryl methyl sites for hydroxylation is 1. The van der Waals surface area contributed by atoms with Gasteiger partial charge in [0, 0.05) is 0 Å². The highest BCUT2D eigenvalue weighted by atomic mass is 79.9. The maximum absolute atomic E-state index is 9.37. The molecule has 18 heavy (non-hydrogen) atoms. The molecule has 2 rings (SSSR count). The zero-order valence-corrected chi connectivity index (χ0v) is 11.7. The molecule has 1 aromatic carbocycles. The summed E-state index contributed by atoms with van der Waals surface area (Å²) in [4.78, 5) is 0. The normalized spacial score (nSPS) is 12.4. The van der Waals surface area contributed by atoms with Gasteiger partial charge in [-0.15, -0.1) is 0 Å². The number of ether oxygens (including phenoxy) is 1. The average molecular weight is 311 g/mol. The van der Waals surface area contributed by atoms with Crippen LogP contribution in [0, 0.1) is 6.92 Å². The highest BCUT2D eigenvalue weighted by Crippen LogP contribution is 2.23. The fourth-order valence-corrected chi connectivity index (χ4v) is 1.99. The molecule has 96 valence electrons. The van der Waals surface area contributed by atoms with Crippen LogP contribution in [-0.2, 0) is 0 Å². The number of hydrogen-bond donors (Lipinski definition) is 1. The zero-order chi connectivity index (χ0) is 13.0. The topological polar surface area (TPSA) is 42.6 Å². The van der Waals surface area contributed by atoms with Gasteiger partial charge in [-0.25, -0.2) is 0 Å². The Kier molecular flexibility index (Phi) is 4.44. The van der Waals surface area contributed by atoms with Crippen molar-refractivity contribution in [3.05, 3.63) is 52.4 Å². The summed E-state index contributed by atoms with van der Waals surface area (Å²) in [6.07, 6.45) is 0. The van der Waals surface area contributed by atoms with Crippen LogP contribution in [0.3, 0.4) is 0 Å². The van der Waals surface area contributed by atoms with Crippen molar-refractivity contribution >= 4 is 15.9 Å². The summed E-state index contributed by atoms with van der Waals surface area (Å²) in [5.41, 5.74) is 1.15. The van der Waals surface area contributed by atoms with Gasteiger partial charge in [0.15, 0.2) is 4.67 Å². The van der Waals surface area contributed by atoms with Gasteiger partial charge < -0.3 is 14.3 Å². The number of benzene rings is 1. The van der Waals surface area contributed by atoms with E-state index in [-0.39, 0.29) is 12.5 Å². The Morgan fingerprint density at radius 1 is 1.33 bits per heavy atom. The lowest BCUT2D eigenvalue weighted by atomic mass is 10.1. The Labute approximate surface area is 115 Å². The summed E-state index contributed by atoms with van der Waals surface area (Å²) in [7, 11) is 0. The third-order valence-corrected chi connectivity index (χ3v) is 3.08. The van der Waals surface area contributed by atoms with Crippen LogP contribution >= 0.6 is 15.9 Å². The van der Waals surface area contributed by atoms with Crippen molar-refractivity contribution in [3.63, 3.8) is 0 Å². The van der Waals surface area contributed by atoms with Gasteiger partial charge in [-0.3, -0.25) is 0 Å². The van der Waals surface area contributed by atoms with Crippen molar-refractivity contribution in [1.82, 2.24) is 0 Å². The summed E-state index contributed by atoms with van der Waals surface area (Å²) in [6, 6.07) is 11.5. The molecular weight excluding hydrogens is 296 g/mol. The van der Waals surface area contributed by atoms with Crippen LogP contribution in [0.15, 0.2) is 45.5 Å². The van der Waals surface area contributed by atoms with E-state index in [1.54, 1.807) is 0 Å². The summed E-state index contributed by atoms with van der Waals surface area (Å²) < 4.78 is 11.8. The zero-order valence-electron chi connectivity index (χ0n) is 10.1. The highest BCUT2D eigenvalue weighted by Gasteiger charge is 2.15. The Morgan fingerprint density at radius 2 is 2.17 bits per heavy atom. The molecule has 0 aliphatic heterocycles. The van der Waals surface area contributed by atoms with Crippen molar-refractivity contribution in [2.24, 2.45) is 0 Å². The van der Waals surface area contributed by atoms with Gasteiger partial charge in [0.25, 0.3) is 0 Å². The molecule has 1 unspecified atom stereocenters. The van der Waals surface area contributed by atoms with Gasteiger partial charge in [-0.2, -0.15) is 0 Å². The Balaban J connectivity index is 1.99. The highest BCUT2D eigenvalue weighted by molar-refractivity contribution is 9.10. The first kappa shape index (κ1) is 13.2. The Hall–Kier alpha value is -1.26.